The van der Waals surface area contributed by atoms with Crippen molar-refractivity contribution in [3.8, 4) is 0 Å². The predicted octanol–water partition coefficient (Wildman–Crippen LogP) is 2.78. The van der Waals surface area contributed by atoms with Gasteiger partial charge in [0.25, 0.3) is 0 Å². The molecule has 4 nitrogen and oxygen atoms in total. The van der Waals surface area contributed by atoms with Crippen LogP contribution in [0.15, 0.2) is 24.3 Å². The van der Waals surface area contributed by atoms with Crippen molar-refractivity contribution in [3.05, 3.63) is 29.8 Å². The van der Waals surface area contributed by atoms with Gasteiger partial charge in [0, 0.05) is 18.2 Å². The van der Waals surface area contributed by atoms with Crippen molar-refractivity contribution in [3.63, 3.8) is 0 Å². The first kappa shape index (κ1) is 15.8. The molecule has 0 heterocycles. The molecule has 0 radical (unpaired) electrons. The lowest BCUT2D eigenvalue weighted by Crippen LogP contribution is -2.34. The van der Waals surface area contributed by atoms with E-state index in [1.54, 1.807) is 24.3 Å². The van der Waals surface area contributed by atoms with Gasteiger partial charge in [-0.3, -0.25) is 4.79 Å². The number of anilines is 1. The fourth-order valence-corrected chi connectivity index (χ4v) is 2.90. The van der Waals surface area contributed by atoms with E-state index < -0.39 is 6.10 Å². The van der Waals surface area contributed by atoms with Crippen molar-refractivity contribution in [2.45, 2.75) is 51.0 Å². The van der Waals surface area contributed by atoms with Crippen LogP contribution in [0.4, 0.5) is 5.69 Å². The number of hydrogen-bond acceptors (Lipinski definition) is 3. The molecule has 1 aliphatic carbocycles. The summed E-state index contributed by atoms with van der Waals surface area (Å²) in [5, 5.41) is 13.0. The zero-order valence-electron chi connectivity index (χ0n) is 12.6. The number of nitrogens with one attached hydrogen (secondary N) is 1. The van der Waals surface area contributed by atoms with E-state index in [2.05, 4.69) is 5.32 Å². The topological polar surface area (TPSA) is 75.3 Å². The zero-order valence-corrected chi connectivity index (χ0v) is 12.6. The third-order valence-electron chi connectivity index (χ3n) is 4.27. The molecule has 4 N–H and O–H groups in total. The summed E-state index contributed by atoms with van der Waals surface area (Å²) >= 11 is 0. The van der Waals surface area contributed by atoms with Crippen LogP contribution in [0.2, 0.25) is 0 Å². The van der Waals surface area contributed by atoms with E-state index in [4.69, 9.17) is 5.73 Å². The van der Waals surface area contributed by atoms with Crippen LogP contribution in [0.3, 0.4) is 0 Å². The average molecular weight is 290 g/mol. The summed E-state index contributed by atoms with van der Waals surface area (Å²) in [6.07, 6.45) is 7.31. The first-order chi connectivity index (χ1) is 10.2. The molecule has 0 aliphatic heterocycles. The summed E-state index contributed by atoms with van der Waals surface area (Å²) in [7, 11) is 0. The van der Waals surface area contributed by atoms with Gasteiger partial charge in [0.2, 0.25) is 5.91 Å². The second kappa shape index (κ2) is 8.03. The lowest BCUT2D eigenvalue weighted by atomic mass is 9.90. The number of nitrogens with two attached hydrogens (primary N) is 1. The van der Waals surface area contributed by atoms with Crippen LogP contribution in [0, 0.1) is 5.92 Å². The number of carbonyl (C=O) groups excluding carboxylic acids is 1. The minimum atomic E-state index is -0.678. The molecule has 21 heavy (non-hydrogen) atoms. The maximum atomic E-state index is 12.2. The fraction of sp³-hybridized carbons (Fsp3) is 0.588. The van der Waals surface area contributed by atoms with Gasteiger partial charge in [-0.25, -0.2) is 0 Å². The van der Waals surface area contributed by atoms with Crippen molar-refractivity contribution in [1.82, 2.24) is 5.32 Å². The number of aliphatic hydroxyl groups is 1. The summed E-state index contributed by atoms with van der Waals surface area (Å²) in [6.45, 7) is 0.263. The highest BCUT2D eigenvalue weighted by atomic mass is 16.3. The maximum absolute atomic E-state index is 12.2. The molecule has 1 atom stereocenters. The minimum Gasteiger partial charge on any atom is -0.399 e. The molecular formula is C17H26N2O2. The van der Waals surface area contributed by atoms with Crippen molar-refractivity contribution < 1.29 is 9.90 Å². The Kier molecular flexibility index (Phi) is 6.05. The summed E-state index contributed by atoms with van der Waals surface area (Å²) in [6, 6.07) is 7.11. The van der Waals surface area contributed by atoms with Gasteiger partial charge in [0.05, 0.1) is 6.10 Å². The van der Waals surface area contributed by atoms with Gasteiger partial charge in [-0.1, -0.05) is 44.2 Å². The van der Waals surface area contributed by atoms with Gasteiger partial charge in [-0.05, 0) is 30.5 Å². The van der Waals surface area contributed by atoms with Crippen LogP contribution < -0.4 is 11.1 Å². The molecule has 0 aromatic heterocycles. The van der Waals surface area contributed by atoms with Gasteiger partial charge in [-0.2, -0.15) is 0 Å². The van der Waals surface area contributed by atoms with Gasteiger partial charge < -0.3 is 16.2 Å². The quantitative estimate of drug-likeness (QED) is 0.746. The van der Waals surface area contributed by atoms with Crippen molar-refractivity contribution in [2.75, 3.05) is 12.3 Å². The second-order valence-corrected chi connectivity index (χ2v) is 5.97. The third kappa shape index (κ3) is 5.05. The molecule has 116 valence electrons. The van der Waals surface area contributed by atoms with Crippen LogP contribution in [0.5, 0.6) is 0 Å². The molecule has 4 heteroatoms. The number of aliphatic hydroxyl groups excluding tert-OH is 1. The number of rotatable bonds is 4. The molecule has 0 saturated heterocycles. The summed E-state index contributed by atoms with van der Waals surface area (Å²) in [5.74, 6) is 0.204. The third-order valence-corrected chi connectivity index (χ3v) is 4.27. The maximum Gasteiger partial charge on any atom is 0.223 e. The second-order valence-electron chi connectivity index (χ2n) is 5.97. The highest BCUT2D eigenvalue weighted by molar-refractivity contribution is 5.78. The molecule has 0 bridgehead atoms. The molecule has 1 amide bonds. The number of amides is 1. The Morgan fingerprint density at radius 3 is 2.33 bits per heavy atom. The Morgan fingerprint density at radius 1 is 1.14 bits per heavy atom. The van der Waals surface area contributed by atoms with Crippen molar-refractivity contribution in [1.29, 1.82) is 0 Å². The minimum absolute atomic E-state index is 0.0893. The molecular weight excluding hydrogens is 264 g/mol. The lowest BCUT2D eigenvalue weighted by Gasteiger charge is -2.20. The number of hydrogen-bond donors (Lipinski definition) is 3. The summed E-state index contributed by atoms with van der Waals surface area (Å²) in [5.41, 5.74) is 7.07. The molecule has 0 spiro atoms. The summed E-state index contributed by atoms with van der Waals surface area (Å²) < 4.78 is 0. The largest absolute Gasteiger partial charge is 0.399 e. The Balaban J connectivity index is 1.80. The molecule has 1 unspecified atom stereocenters. The molecule has 1 saturated carbocycles. The van der Waals surface area contributed by atoms with Crippen LogP contribution in [0.25, 0.3) is 0 Å². The van der Waals surface area contributed by atoms with Crippen LogP contribution in [-0.2, 0) is 4.79 Å². The van der Waals surface area contributed by atoms with Crippen molar-refractivity contribution in [2.24, 2.45) is 5.92 Å². The molecule has 1 aromatic rings. The van der Waals surface area contributed by atoms with E-state index in [9.17, 15) is 9.90 Å². The van der Waals surface area contributed by atoms with E-state index >= 15 is 0 Å². The van der Waals surface area contributed by atoms with Gasteiger partial charge >= 0.3 is 0 Å². The van der Waals surface area contributed by atoms with Gasteiger partial charge in [0.1, 0.15) is 0 Å². The SMILES string of the molecule is Nc1ccc(C(O)CNC(=O)C2CCCCCCC2)cc1. The molecule has 1 fully saturated rings. The Morgan fingerprint density at radius 2 is 1.71 bits per heavy atom. The van der Waals surface area contributed by atoms with E-state index in [1.165, 1.54) is 19.3 Å². The number of carbonyl (C=O) groups is 1. The first-order valence-corrected chi connectivity index (χ1v) is 7.98. The Bertz CT molecular complexity index is 437. The van der Waals surface area contributed by atoms with Gasteiger partial charge in [-0.15, -0.1) is 0 Å². The zero-order chi connectivity index (χ0) is 15.1. The molecule has 1 aliphatic rings. The van der Waals surface area contributed by atoms with Crippen LogP contribution in [0.1, 0.15) is 56.6 Å². The normalized spacial score (nSPS) is 18.5. The highest BCUT2D eigenvalue weighted by Gasteiger charge is 2.20. The lowest BCUT2D eigenvalue weighted by molar-refractivity contribution is -0.126. The fourth-order valence-electron chi connectivity index (χ4n) is 2.90. The van der Waals surface area contributed by atoms with E-state index in [0.29, 0.717) is 5.69 Å². The number of benzene rings is 1. The highest BCUT2D eigenvalue weighted by Crippen LogP contribution is 2.22. The molecule has 1 aromatic carbocycles. The average Bonchev–Trinajstić information content (AvgIpc) is 2.45. The number of nitrogen functional groups attached to an aromatic ring is 1. The monoisotopic (exact) mass is 290 g/mol. The standard InChI is InChI=1S/C17H26N2O2/c18-15-10-8-13(9-11-15)16(20)12-19-17(21)14-6-4-2-1-3-5-7-14/h8-11,14,16,20H,1-7,12,18H2,(H,19,21). The Labute approximate surface area is 126 Å². The first-order valence-electron chi connectivity index (χ1n) is 7.98. The smallest absolute Gasteiger partial charge is 0.223 e. The predicted molar refractivity (Wildman–Crippen MR) is 84.6 cm³/mol. The summed E-state index contributed by atoms with van der Waals surface area (Å²) in [4.78, 5) is 12.2. The van der Waals surface area contributed by atoms with Crippen molar-refractivity contribution >= 4 is 11.6 Å². The van der Waals surface area contributed by atoms with E-state index in [0.717, 1.165) is 31.2 Å². The molecule has 2 rings (SSSR count). The van der Waals surface area contributed by atoms with Gasteiger partial charge in [0.15, 0.2) is 0 Å². The van der Waals surface area contributed by atoms with E-state index in [1.807, 2.05) is 0 Å². The van der Waals surface area contributed by atoms with E-state index in [-0.39, 0.29) is 18.4 Å². The van der Waals surface area contributed by atoms with Crippen LogP contribution in [-0.4, -0.2) is 17.6 Å². The Hall–Kier alpha value is -1.55. The van der Waals surface area contributed by atoms with Crippen LogP contribution >= 0.6 is 0 Å².